The summed E-state index contributed by atoms with van der Waals surface area (Å²) in [6, 6.07) is 85.4. The Kier molecular flexibility index (Phi) is 9.41. The Morgan fingerprint density at radius 1 is 0.378 bits per heavy atom. The summed E-state index contributed by atoms with van der Waals surface area (Å²) in [5.41, 5.74) is 18.3. The molecule has 0 bridgehead atoms. The third-order valence-electron chi connectivity index (χ3n) is 15.3. The molecule has 0 atom stereocenters. The van der Waals surface area contributed by atoms with Crippen molar-refractivity contribution in [3.63, 3.8) is 0 Å². The van der Waals surface area contributed by atoms with Crippen LogP contribution in [0.4, 0.5) is 0 Å². The molecule has 6 heteroatoms. The number of para-hydroxylation sites is 1. The lowest BCUT2D eigenvalue weighted by Crippen LogP contribution is -2.15. The van der Waals surface area contributed by atoms with E-state index in [0.29, 0.717) is 17.5 Å². The summed E-state index contributed by atoms with van der Waals surface area (Å²) < 4.78 is 7.68. The van der Waals surface area contributed by atoms with Gasteiger partial charge in [0, 0.05) is 75.4 Å². The van der Waals surface area contributed by atoms with E-state index < -0.39 is 0 Å². The van der Waals surface area contributed by atoms with Crippen LogP contribution in [0.15, 0.2) is 237 Å². The van der Waals surface area contributed by atoms with Crippen molar-refractivity contribution in [2.24, 2.45) is 0 Å². The molecule has 10 aromatic carbocycles. The van der Waals surface area contributed by atoms with E-state index in [1.165, 1.54) is 86.4 Å². The van der Waals surface area contributed by atoms with Crippen molar-refractivity contribution in [3.05, 3.63) is 248 Å². The maximum absolute atomic E-state index is 5.06. The third kappa shape index (κ3) is 6.45. The Balaban J connectivity index is 0.938. The van der Waals surface area contributed by atoms with Crippen molar-refractivity contribution in [1.82, 2.24) is 24.1 Å². The summed E-state index contributed by atoms with van der Waals surface area (Å²) in [7, 11) is 0. The molecule has 0 unspecified atom stereocenters. The Labute approximate surface area is 432 Å². The minimum atomic E-state index is -0.265. The predicted molar refractivity (Wildman–Crippen MR) is 309 cm³/mol. The maximum atomic E-state index is 5.06. The zero-order valence-corrected chi connectivity index (χ0v) is 41.5. The van der Waals surface area contributed by atoms with Crippen molar-refractivity contribution in [2.45, 2.75) is 19.3 Å². The molecular formula is C68H45N5S. The fourth-order valence-corrected chi connectivity index (χ4v) is 13.2. The molecular weight excluding hydrogens is 919 g/mol. The summed E-state index contributed by atoms with van der Waals surface area (Å²) in [5, 5.41) is 6.36. The van der Waals surface area contributed by atoms with Gasteiger partial charge in [-0.2, -0.15) is 0 Å². The molecule has 0 fully saturated rings. The lowest BCUT2D eigenvalue weighted by atomic mass is 9.81. The van der Waals surface area contributed by atoms with E-state index >= 15 is 0 Å². The molecule has 0 amide bonds. The molecule has 0 radical (unpaired) electrons. The van der Waals surface area contributed by atoms with Gasteiger partial charge in [0.05, 0.1) is 22.2 Å². The van der Waals surface area contributed by atoms with Gasteiger partial charge in [-0.1, -0.05) is 196 Å². The second-order valence-electron chi connectivity index (χ2n) is 19.9. The maximum Gasteiger partial charge on any atom is 0.164 e. The molecule has 0 N–H and O–H groups in total. The second-order valence-corrected chi connectivity index (χ2v) is 21.0. The first-order valence-electron chi connectivity index (χ1n) is 25.3. The molecule has 15 rings (SSSR count). The summed E-state index contributed by atoms with van der Waals surface area (Å²) in [6.45, 7) is 4.82. The molecule has 4 heterocycles. The molecule has 0 saturated heterocycles. The Morgan fingerprint density at radius 2 is 0.946 bits per heavy atom. The summed E-state index contributed by atoms with van der Waals surface area (Å²) >= 11 is 1.88. The Bertz CT molecular complexity index is 4490. The number of aromatic nitrogens is 5. The number of hydrogen-bond donors (Lipinski definition) is 0. The van der Waals surface area contributed by atoms with E-state index in [2.05, 4.69) is 199 Å². The lowest BCUT2D eigenvalue weighted by molar-refractivity contribution is 0.666. The highest BCUT2D eigenvalue weighted by Crippen LogP contribution is 2.56. The zero-order chi connectivity index (χ0) is 49.1. The van der Waals surface area contributed by atoms with Crippen LogP contribution < -0.4 is 0 Å². The number of benzene rings is 10. The Morgan fingerprint density at radius 3 is 1.70 bits per heavy atom. The minimum Gasteiger partial charge on any atom is -0.309 e. The van der Waals surface area contributed by atoms with Crippen molar-refractivity contribution in [1.29, 1.82) is 0 Å². The topological polar surface area (TPSA) is 48.5 Å². The van der Waals surface area contributed by atoms with Gasteiger partial charge in [-0.15, -0.1) is 11.3 Å². The largest absolute Gasteiger partial charge is 0.309 e. The van der Waals surface area contributed by atoms with Crippen LogP contribution in [-0.4, -0.2) is 24.1 Å². The molecule has 1 aliphatic carbocycles. The average molecular weight is 964 g/mol. The van der Waals surface area contributed by atoms with Gasteiger partial charge in [-0.05, 0) is 88.0 Å². The van der Waals surface area contributed by atoms with Crippen molar-refractivity contribution in [3.8, 4) is 79.0 Å². The van der Waals surface area contributed by atoms with E-state index in [1.807, 2.05) is 72.0 Å². The SMILES string of the molecule is CC1(C)c2ccccc2-c2c1c1c(ccc3c4cc(-c5cccc6c5sc5ccccc56)ccc4n(-c4ccc(-c5cccc(-c6nc(-c7ccccc7)nc(-c7ccccc7)n6)c5)cc4)c31)n2-c1ccccc1. The van der Waals surface area contributed by atoms with E-state index in [0.717, 1.165) is 39.2 Å². The number of rotatable bonds is 7. The highest BCUT2D eigenvalue weighted by Gasteiger charge is 2.41. The van der Waals surface area contributed by atoms with Gasteiger partial charge in [0.25, 0.3) is 0 Å². The molecule has 0 spiro atoms. The van der Waals surface area contributed by atoms with Gasteiger partial charge in [-0.25, -0.2) is 15.0 Å². The molecule has 1 aliphatic rings. The zero-order valence-electron chi connectivity index (χ0n) is 40.7. The van der Waals surface area contributed by atoms with Crippen LogP contribution in [0.2, 0.25) is 0 Å². The molecule has 5 nitrogen and oxygen atoms in total. The van der Waals surface area contributed by atoms with Crippen LogP contribution in [0.25, 0.3) is 132 Å². The molecule has 74 heavy (non-hydrogen) atoms. The van der Waals surface area contributed by atoms with Crippen LogP contribution in [0, 0.1) is 0 Å². The van der Waals surface area contributed by atoms with Gasteiger partial charge in [0.1, 0.15) is 0 Å². The van der Waals surface area contributed by atoms with Crippen LogP contribution in [0.5, 0.6) is 0 Å². The molecule has 4 aromatic heterocycles. The van der Waals surface area contributed by atoms with Crippen LogP contribution >= 0.6 is 11.3 Å². The first-order valence-corrected chi connectivity index (χ1v) is 26.1. The first-order chi connectivity index (χ1) is 36.5. The van der Waals surface area contributed by atoms with Crippen LogP contribution in [0.1, 0.15) is 25.0 Å². The number of fused-ring (bicyclic) bond motifs is 12. The predicted octanol–water partition coefficient (Wildman–Crippen LogP) is 17.9. The minimum absolute atomic E-state index is 0.265. The van der Waals surface area contributed by atoms with E-state index in [4.69, 9.17) is 15.0 Å². The number of hydrogen-bond acceptors (Lipinski definition) is 4. The highest BCUT2D eigenvalue weighted by molar-refractivity contribution is 7.26. The van der Waals surface area contributed by atoms with Crippen LogP contribution in [0.3, 0.4) is 0 Å². The number of thiophene rings is 1. The van der Waals surface area contributed by atoms with Gasteiger partial charge in [0.2, 0.25) is 0 Å². The van der Waals surface area contributed by atoms with E-state index in [1.54, 1.807) is 0 Å². The normalized spacial score (nSPS) is 12.8. The third-order valence-corrected chi connectivity index (χ3v) is 16.6. The molecule has 0 saturated carbocycles. The number of nitrogens with zero attached hydrogens (tertiary/aromatic N) is 5. The Hall–Kier alpha value is -9.23. The quantitative estimate of drug-likeness (QED) is 0.160. The monoisotopic (exact) mass is 963 g/mol. The van der Waals surface area contributed by atoms with Gasteiger partial charge in [0.15, 0.2) is 17.5 Å². The van der Waals surface area contributed by atoms with E-state index in [-0.39, 0.29) is 5.41 Å². The molecule has 348 valence electrons. The van der Waals surface area contributed by atoms with Crippen molar-refractivity contribution in [2.75, 3.05) is 0 Å². The summed E-state index contributed by atoms with van der Waals surface area (Å²) in [4.78, 5) is 15.1. The fourth-order valence-electron chi connectivity index (χ4n) is 11.9. The smallest absolute Gasteiger partial charge is 0.164 e. The highest BCUT2D eigenvalue weighted by atomic mass is 32.1. The molecule has 0 aliphatic heterocycles. The standard InChI is InChI=1S/C68H45N5S/c1-68(2)56-30-14-12-27-54(56)63-61(68)60-58(73(63)48-24-10-5-11-25-48)39-37-52-55-41-46(50-28-17-29-53-51-26-13-15-31-59(51)74-64(50)53)34-38-57(55)72(62(52)60)49-35-32-42(33-36-49)45-22-16-23-47(40-45)67-70-65(43-18-6-3-7-19-43)69-66(71-67)44-20-8-4-9-21-44/h3-41H,1-2H3. The van der Waals surface area contributed by atoms with E-state index in [9.17, 15) is 0 Å². The van der Waals surface area contributed by atoms with Crippen molar-refractivity contribution >= 4 is 64.2 Å². The van der Waals surface area contributed by atoms with Crippen molar-refractivity contribution < 1.29 is 0 Å². The lowest BCUT2D eigenvalue weighted by Gasteiger charge is -2.22. The first kappa shape index (κ1) is 42.5. The summed E-state index contributed by atoms with van der Waals surface area (Å²) in [6.07, 6.45) is 0. The van der Waals surface area contributed by atoms with Gasteiger partial charge in [-0.3, -0.25) is 0 Å². The van der Waals surface area contributed by atoms with Gasteiger partial charge >= 0.3 is 0 Å². The molecule has 14 aromatic rings. The fraction of sp³-hybridized carbons (Fsp3) is 0.0441. The summed E-state index contributed by atoms with van der Waals surface area (Å²) in [5.74, 6) is 1.92. The van der Waals surface area contributed by atoms with Crippen LogP contribution in [-0.2, 0) is 5.41 Å². The van der Waals surface area contributed by atoms with Gasteiger partial charge < -0.3 is 9.13 Å². The average Bonchev–Trinajstić information content (AvgIpc) is 4.21. The second kappa shape index (κ2) is 16.4.